The molecule has 2 aliphatic heterocycles. The van der Waals surface area contributed by atoms with Gasteiger partial charge in [-0.3, -0.25) is 4.79 Å². The van der Waals surface area contributed by atoms with Gasteiger partial charge in [0.2, 0.25) is 0 Å². The number of aliphatic carboxylic acids is 1. The third-order valence-corrected chi connectivity index (χ3v) is 3.90. The zero-order valence-electron chi connectivity index (χ0n) is 12.4. The van der Waals surface area contributed by atoms with Gasteiger partial charge in [-0.15, -0.1) is 0 Å². The second kappa shape index (κ2) is 7.06. The smallest absolute Gasteiger partial charge is 0.320 e. The normalized spacial score (nSPS) is 29.7. The van der Waals surface area contributed by atoms with Crippen LogP contribution in [0.2, 0.25) is 0 Å². The summed E-state index contributed by atoms with van der Waals surface area (Å²) in [5, 5.41) is 8.81. The number of methoxy groups -OCH3 is 2. The van der Waals surface area contributed by atoms with E-state index in [1.165, 1.54) is 0 Å². The van der Waals surface area contributed by atoms with Crippen LogP contribution in [0.1, 0.15) is 6.42 Å². The number of carboxylic acid groups (broad SMARTS) is 1. The lowest BCUT2D eigenvalue weighted by molar-refractivity contribution is -0.141. The largest absolute Gasteiger partial charge is 0.481 e. The lowest BCUT2D eigenvalue weighted by atomic mass is 10.2. The number of carbonyl (C=O) groups excluding carboxylic acids is 1. The van der Waals surface area contributed by atoms with Crippen molar-refractivity contribution in [3.8, 4) is 0 Å². The van der Waals surface area contributed by atoms with Gasteiger partial charge in [-0.1, -0.05) is 0 Å². The van der Waals surface area contributed by atoms with Gasteiger partial charge in [-0.05, 0) is 0 Å². The minimum Gasteiger partial charge on any atom is -0.481 e. The predicted molar refractivity (Wildman–Crippen MR) is 72.1 cm³/mol. The quantitative estimate of drug-likeness (QED) is 0.762. The molecule has 0 bridgehead atoms. The van der Waals surface area contributed by atoms with Crippen molar-refractivity contribution in [1.29, 1.82) is 0 Å². The molecule has 120 valence electrons. The van der Waals surface area contributed by atoms with Crippen LogP contribution in [-0.4, -0.2) is 92.2 Å². The summed E-state index contributed by atoms with van der Waals surface area (Å²) in [6.45, 7) is 2.10. The molecule has 2 rings (SSSR count). The number of morpholine rings is 1. The van der Waals surface area contributed by atoms with Crippen LogP contribution < -0.4 is 0 Å². The van der Waals surface area contributed by atoms with E-state index in [2.05, 4.69) is 0 Å². The second-order valence-electron chi connectivity index (χ2n) is 5.27. The molecule has 0 aliphatic carbocycles. The van der Waals surface area contributed by atoms with Crippen molar-refractivity contribution in [1.82, 2.24) is 9.80 Å². The number of likely N-dealkylation sites (tertiary alicyclic amines) is 1. The van der Waals surface area contributed by atoms with E-state index < -0.39 is 12.1 Å². The maximum absolute atomic E-state index is 12.5. The summed E-state index contributed by atoms with van der Waals surface area (Å²) in [4.78, 5) is 26.6. The molecule has 0 spiro atoms. The molecule has 2 fully saturated rings. The van der Waals surface area contributed by atoms with Gasteiger partial charge >= 0.3 is 12.0 Å². The molecule has 2 heterocycles. The Hall–Kier alpha value is -1.38. The first-order chi connectivity index (χ1) is 10.0. The Morgan fingerprint density at radius 2 is 1.76 bits per heavy atom. The van der Waals surface area contributed by atoms with Crippen molar-refractivity contribution < 1.29 is 28.9 Å². The van der Waals surface area contributed by atoms with Crippen LogP contribution in [0.15, 0.2) is 0 Å². The molecule has 8 heteroatoms. The molecule has 0 saturated carbocycles. The van der Waals surface area contributed by atoms with Crippen LogP contribution in [0.4, 0.5) is 4.79 Å². The molecule has 3 atom stereocenters. The molecule has 21 heavy (non-hydrogen) atoms. The summed E-state index contributed by atoms with van der Waals surface area (Å²) >= 11 is 0. The fourth-order valence-electron chi connectivity index (χ4n) is 2.76. The van der Waals surface area contributed by atoms with Gasteiger partial charge in [0, 0.05) is 27.3 Å². The lowest BCUT2D eigenvalue weighted by Gasteiger charge is -2.34. The van der Waals surface area contributed by atoms with Gasteiger partial charge in [0.25, 0.3) is 0 Å². The molecule has 0 aromatic rings. The zero-order chi connectivity index (χ0) is 15.4. The molecular weight excluding hydrogens is 280 g/mol. The molecular formula is C13H22N2O6. The van der Waals surface area contributed by atoms with E-state index in [0.29, 0.717) is 32.8 Å². The molecule has 0 aromatic heterocycles. The highest BCUT2D eigenvalue weighted by Gasteiger charge is 2.38. The first-order valence-electron chi connectivity index (χ1n) is 6.98. The lowest BCUT2D eigenvalue weighted by Crippen LogP contribution is -2.51. The van der Waals surface area contributed by atoms with Gasteiger partial charge in [0.05, 0.1) is 32.2 Å². The Bertz CT molecular complexity index is 379. The van der Waals surface area contributed by atoms with Gasteiger partial charge in [0.15, 0.2) is 0 Å². The summed E-state index contributed by atoms with van der Waals surface area (Å²) in [5.41, 5.74) is 0. The van der Waals surface area contributed by atoms with Crippen LogP contribution in [-0.2, 0) is 19.0 Å². The first kappa shape index (κ1) is 16.0. The van der Waals surface area contributed by atoms with Gasteiger partial charge in [0.1, 0.15) is 12.2 Å². The number of hydrogen-bond acceptors (Lipinski definition) is 5. The fourth-order valence-corrected chi connectivity index (χ4v) is 2.76. The van der Waals surface area contributed by atoms with Crippen LogP contribution in [0, 0.1) is 0 Å². The highest BCUT2D eigenvalue weighted by atomic mass is 16.5. The summed E-state index contributed by atoms with van der Waals surface area (Å²) in [6, 6.07) is -0.115. The summed E-state index contributed by atoms with van der Waals surface area (Å²) in [7, 11) is 3.20. The van der Waals surface area contributed by atoms with Crippen LogP contribution in [0.5, 0.6) is 0 Å². The van der Waals surface area contributed by atoms with E-state index >= 15 is 0 Å². The maximum Gasteiger partial charge on any atom is 0.320 e. The molecule has 8 nitrogen and oxygen atoms in total. The third kappa shape index (κ3) is 3.84. The number of carboxylic acids is 1. The number of amides is 2. The van der Waals surface area contributed by atoms with Crippen molar-refractivity contribution in [3.63, 3.8) is 0 Å². The molecule has 0 radical (unpaired) electrons. The summed E-state index contributed by atoms with van der Waals surface area (Å²) < 4.78 is 16.0. The molecule has 2 amide bonds. The predicted octanol–water partition coefficient (Wildman–Crippen LogP) is -0.372. The Kier molecular flexibility index (Phi) is 5.38. The van der Waals surface area contributed by atoms with E-state index in [1.54, 1.807) is 24.0 Å². The van der Waals surface area contributed by atoms with Crippen molar-refractivity contribution >= 4 is 12.0 Å². The number of hydrogen-bond donors (Lipinski definition) is 1. The van der Waals surface area contributed by atoms with Crippen molar-refractivity contribution in [2.45, 2.75) is 24.7 Å². The fraction of sp³-hybridized carbons (Fsp3) is 0.846. The average molecular weight is 302 g/mol. The third-order valence-electron chi connectivity index (χ3n) is 3.90. The van der Waals surface area contributed by atoms with Crippen molar-refractivity contribution in [2.24, 2.45) is 0 Å². The van der Waals surface area contributed by atoms with Gasteiger partial charge in [-0.25, -0.2) is 4.79 Å². The Morgan fingerprint density at radius 1 is 1.14 bits per heavy atom. The number of nitrogens with zero attached hydrogens (tertiary/aromatic N) is 2. The zero-order valence-corrected chi connectivity index (χ0v) is 12.4. The van der Waals surface area contributed by atoms with Gasteiger partial charge in [-0.2, -0.15) is 0 Å². The minimum atomic E-state index is -0.922. The Balaban J connectivity index is 1.92. The van der Waals surface area contributed by atoms with E-state index in [4.69, 9.17) is 19.3 Å². The molecule has 3 unspecified atom stereocenters. The Morgan fingerprint density at radius 3 is 2.29 bits per heavy atom. The summed E-state index contributed by atoms with van der Waals surface area (Å²) in [6.07, 6.45) is -0.797. The monoisotopic (exact) mass is 302 g/mol. The molecule has 2 aliphatic rings. The number of carbonyl (C=O) groups is 2. The van der Waals surface area contributed by atoms with E-state index in [9.17, 15) is 9.59 Å². The van der Waals surface area contributed by atoms with Crippen molar-refractivity contribution in [3.05, 3.63) is 0 Å². The number of urea groups is 1. The van der Waals surface area contributed by atoms with Crippen LogP contribution >= 0.6 is 0 Å². The van der Waals surface area contributed by atoms with Gasteiger partial charge < -0.3 is 29.1 Å². The number of ether oxygens (including phenoxy) is 3. The standard InChI is InChI=1S/C13H22N2O6/c1-19-10-7-15(8-11(10)20-2)13(18)14-3-4-21-9(6-14)5-12(16)17/h9-11H,3-8H2,1-2H3,(H,16,17). The molecule has 1 N–H and O–H groups in total. The topological polar surface area (TPSA) is 88.5 Å². The average Bonchev–Trinajstić information content (AvgIpc) is 2.89. The SMILES string of the molecule is COC1CN(C(=O)N2CCOC(CC(=O)O)C2)CC1OC. The number of rotatable bonds is 4. The summed E-state index contributed by atoms with van der Waals surface area (Å²) in [5.74, 6) is -0.922. The molecule has 0 aromatic carbocycles. The van der Waals surface area contributed by atoms with Crippen molar-refractivity contribution in [2.75, 3.05) is 47.0 Å². The highest BCUT2D eigenvalue weighted by Crippen LogP contribution is 2.19. The van der Waals surface area contributed by atoms with Crippen LogP contribution in [0.25, 0.3) is 0 Å². The second-order valence-corrected chi connectivity index (χ2v) is 5.27. The van der Waals surface area contributed by atoms with Crippen LogP contribution in [0.3, 0.4) is 0 Å². The maximum atomic E-state index is 12.5. The first-order valence-corrected chi connectivity index (χ1v) is 6.98. The van der Waals surface area contributed by atoms with E-state index in [1.807, 2.05) is 0 Å². The molecule has 2 saturated heterocycles. The minimum absolute atomic E-state index is 0.0921. The Labute approximate surface area is 123 Å². The van der Waals surface area contributed by atoms with E-state index in [0.717, 1.165) is 0 Å². The highest BCUT2D eigenvalue weighted by molar-refractivity contribution is 5.75. The van der Waals surface area contributed by atoms with E-state index in [-0.39, 0.29) is 24.7 Å².